The average molecular weight is 263 g/mol. The maximum absolute atomic E-state index is 11.4. The van der Waals surface area contributed by atoms with Crippen molar-refractivity contribution >= 4 is 5.97 Å². The maximum Gasteiger partial charge on any atom is 0.348 e. The molecule has 0 spiro atoms. The van der Waals surface area contributed by atoms with E-state index in [1.165, 1.54) is 20.3 Å². The Morgan fingerprint density at radius 3 is 2.74 bits per heavy atom. The van der Waals surface area contributed by atoms with Crippen molar-refractivity contribution in [2.45, 2.75) is 12.7 Å². The van der Waals surface area contributed by atoms with Crippen molar-refractivity contribution in [1.29, 1.82) is 5.26 Å². The molecule has 19 heavy (non-hydrogen) atoms. The van der Waals surface area contributed by atoms with Crippen LogP contribution >= 0.6 is 0 Å². The third-order valence-electron chi connectivity index (χ3n) is 2.78. The van der Waals surface area contributed by atoms with Crippen LogP contribution in [0.2, 0.25) is 0 Å². The van der Waals surface area contributed by atoms with Crippen LogP contribution < -0.4 is 0 Å². The second-order valence-electron chi connectivity index (χ2n) is 3.81. The van der Waals surface area contributed by atoms with Gasteiger partial charge < -0.3 is 14.2 Å². The fourth-order valence-electron chi connectivity index (χ4n) is 1.86. The fourth-order valence-corrected chi connectivity index (χ4v) is 1.86. The van der Waals surface area contributed by atoms with E-state index in [-0.39, 0.29) is 11.5 Å². The number of hydrogen-bond acceptors (Lipinski definition) is 5. The van der Waals surface area contributed by atoms with E-state index in [2.05, 4.69) is 4.74 Å². The van der Waals surface area contributed by atoms with Gasteiger partial charge in [-0.15, -0.1) is 0 Å². The summed E-state index contributed by atoms with van der Waals surface area (Å²) in [6.45, 7) is 2.29. The molecule has 5 nitrogen and oxygen atoms in total. The van der Waals surface area contributed by atoms with Crippen molar-refractivity contribution in [1.82, 2.24) is 0 Å². The molecule has 0 fully saturated rings. The normalized spacial score (nSPS) is 26.0. The number of esters is 1. The highest BCUT2D eigenvalue weighted by atomic mass is 16.7. The molecule has 0 saturated carbocycles. The van der Waals surface area contributed by atoms with E-state index < -0.39 is 11.8 Å². The number of allylic oxidation sites excluding steroid dienone is 2. The molecular weight excluding hydrogens is 246 g/mol. The number of hydrogen-bond donors (Lipinski definition) is 0. The van der Waals surface area contributed by atoms with Crippen molar-refractivity contribution in [3.8, 4) is 6.07 Å². The van der Waals surface area contributed by atoms with E-state index in [1.54, 1.807) is 18.2 Å². The van der Waals surface area contributed by atoms with Crippen LogP contribution in [0.4, 0.5) is 0 Å². The van der Waals surface area contributed by atoms with Crippen molar-refractivity contribution in [2.75, 3.05) is 20.8 Å². The minimum atomic E-state index is -1.00. The largest absolute Gasteiger partial charge is 0.465 e. The Morgan fingerprint density at radius 1 is 1.47 bits per heavy atom. The molecule has 102 valence electrons. The van der Waals surface area contributed by atoms with Gasteiger partial charge in [0, 0.05) is 13.7 Å². The molecule has 0 heterocycles. The van der Waals surface area contributed by atoms with Crippen molar-refractivity contribution in [3.05, 3.63) is 36.0 Å². The van der Waals surface area contributed by atoms with Gasteiger partial charge in [0.1, 0.15) is 11.6 Å². The molecule has 0 aromatic carbocycles. The molecule has 0 aromatic heterocycles. The molecule has 1 aliphatic rings. The van der Waals surface area contributed by atoms with Crippen LogP contribution in [0.15, 0.2) is 36.0 Å². The van der Waals surface area contributed by atoms with E-state index in [9.17, 15) is 4.79 Å². The number of rotatable bonds is 5. The van der Waals surface area contributed by atoms with Gasteiger partial charge in [-0.05, 0) is 19.1 Å². The Labute approximate surface area is 112 Å². The molecule has 2 unspecified atom stereocenters. The molecular formula is C14H17NO4. The Bertz CT molecular complexity index is 459. The van der Waals surface area contributed by atoms with Gasteiger partial charge in [-0.3, -0.25) is 0 Å². The molecule has 0 aliphatic heterocycles. The van der Waals surface area contributed by atoms with Crippen LogP contribution in [0.25, 0.3) is 0 Å². The third-order valence-corrected chi connectivity index (χ3v) is 2.78. The van der Waals surface area contributed by atoms with Gasteiger partial charge in [0.2, 0.25) is 0 Å². The topological polar surface area (TPSA) is 68.5 Å². The van der Waals surface area contributed by atoms with Crippen LogP contribution in [0, 0.1) is 17.2 Å². The SMILES string of the molecule is CCOC1(OC)C=CC=CC1C=C(C#N)C(=O)OC. The van der Waals surface area contributed by atoms with Crippen molar-refractivity contribution in [2.24, 2.45) is 5.92 Å². The average Bonchev–Trinajstić information content (AvgIpc) is 2.45. The summed E-state index contributed by atoms with van der Waals surface area (Å²) >= 11 is 0. The summed E-state index contributed by atoms with van der Waals surface area (Å²) in [7, 11) is 2.75. The molecule has 1 aliphatic carbocycles. The predicted molar refractivity (Wildman–Crippen MR) is 68.8 cm³/mol. The monoisotopic (exact) mass is 263 g/mol. The zero-order valence-electron chi connectivity index (χ0n) is 11.3. The third kappa shape index (κ3) is 3.31. The summed E-state index contributed by atoms with van der Waals surface area (Å²) in [5, 5.41) is 8.99. The molecule has 2 atom stereocenters. The van der Waals surface area contributed by atoms with Gasteiger partial charge >= 0.3 is 5.97 Å². The van der Waals surface area contributed by atoms with Gasteiger partial charge in [-0.25, -0.2) is 4.79 Å². The zero-order chi connectivity index (χ0) is 14.3. The summed E-state index contributed by atoms with van der Waals surface area (Å²) in [5.74, 6) is -2.05. The first-order valence-corrected chi connectivity index (χ1v) is 5.89. The van der Waals surface area contributed by atoms with Gasteiger partial charge in [0.25, 0.3) is 0 Å². The van der Waals surface area contributed by atoms with Gasteiger partial charge in [-0.2, -0.15) is 5.26 Å². The van der Waals surface area contributed by atoms with Gasteiger partial charge in [0.15, 0.2) is 5.79 Å². The molecule has 0 saturated heterocycles. The van der Waals surface area contributed by atoms with Crippen molar-refractivity contribution < 1.29 is 19.0 Å². The summed E-state index contributed by atoms with van der Waals surface area (Å²) in [4.78, 5) is 11.4. The number of ether oxygens (including phenoxy) is 3. The molecule has 0 bridgehead atoms. The lowest BCUT2D eigenvalue weighted by Gasteiger charge is -2.35. The van der Waals surface area contributed by atoms with Crippen LogP contribution in [-0.4, -0.2) is 32.6 Å². The zero-order valence-corrected chi connectivity index (χ0v) is 11.3. The predicted octanol–water partition coefficient (Wildman–Crippen LogP) is 1.73. The van der Waals surface area contributed by atoms with E-state index >= 15 is 0 Å². The lowest BCUT2D eigenvalue weighted by atomic mass is 9.91. The maximum atomic E-state index is 11.4. The fraction of sp³-hybridized carbons (Fsp3) is 0.429. The number of nitriles is 1. The van der Waals surface area contributed by atoms with E-state index in [0.717, 1.165) is 0 Å². The van der Waals surface area contributed by atoms with Crippen LogP contribution in [0.3, 0.4) is 0 Å². The second kappa shape index (κ2) is 6.88. The Balaban J connectivity index is 3.12. The van der Waals surface area contributed by atoms with Crippen LogP contribution in [-0.2, 0) is 19.0 Å². The van der Waals surface area contributed by atoms with E-state index in [1.807, 2.05) is 19.1 Å². The van der Waals surface area contributed by atoms with Crippen LogP contribution in [0.1, 0.15) is 6.92 Å². The molecule has 0 N–H and O–H groups in total. The Kier molecular flexibility index (Phi) is 5.49. The molecule has 0 aromatic rings. The standard InChI is InChI=1S/C14H17NO4/c1-4-19-14(18-3)8-6-5-7-12(14)9-11(10-15)13(16)17-2/h5-9,12H,4H2,1-3H3. The summed E-state index contributed by atoms with van der Waals surface area (Å²) in [6.07, 6.45) is 8.66. The Hall–Kier alpha value is -1.90. The molecule has 1 rings (SSSR count). The lowest BCUT2D eigenvalue weighted by molar-refractivity contribution is -0.200. The summed E-state index contributed by atoms with van der Waals surface area (Å²) < 4.78 is 15.6. The molecule has 0 radical (unpaired) electrons. The second-order valence-corrected chi connectivity index (χ2v) is 3.81. The molecule has 0 amide bonds. The first-order valence-electron chi connectivity index (χ1n) is 5.89. The first kappa shape index (κ1) is 15.2. The number of carbonyl (C=O) groups excluding carboxylic acids is 1. The van der Waals surface area contributed by atoms with Gasteiger partial charge in [0.05, 0.1) is 13.0 Å². The quantitative estimate of drug-likeness (QED) is 0.327. The smallest absolute Gasteiger partial charge is 0.348 e. The van der Waals surface area contributed by atoms with Gasteiger partial charge in [-0.1, -0.05) is 18.2 Å². The van der Waals surface area contributed by atoms with Crippen LogP contribution in [0.5, 0.6) is 0 Å². The highest BCUT2D eigenvalue weighted by molar-refractivity contribution is 5.92. The minimum Gasteiger partial charge on any atom is -0.465 e. The number of carbonyl (C=O) groups is 1. The summed E-state index contributed by atoms with van der Waals surface area (Å²) in [6, 6.07) is 1.82. The first-order chi connectivity index (χ1) is 9.13. The highest BCUT2D eigenvalue weighted by Crippen LogP contribution is 2.31. The number of methoxy groups -OCH3 is 2. The number of nitrogens with zero attached hydrogens (tertiary/aromatic N) is 1. The Morgan fingerprint density at radius 2 is 2.21 bits per heavy atom. The lowest BCUT2D eigenvalue weighted by Crippen LogP contribution is -2.40. The van der Waals surface area contributed by atoms with Crippen molar-refractivity contribution in [3.63, 3.8) is 0 Å². The van der Waals surface area contributed by atoms with E-state index in [0.29, 0.717) is 6.61 Å². The highest BCUT2D eigenvalue weighted by Gasteiger charge is 2.37. The molecule has 5 heteroatoms. The minimum absolute atomic E-state index is 0.0754. The summed E-state index contributed by atoms with van der Waals surface area (Å²) in [5.41, 5.74) is -0.0754. The van der Waals surface area contributed by atoms with E-state index in [4.69, 9.17) is 14.7 Å².